The highest BCUT2D eigenvalue weighted by atomic mass is 16.8. The lowest BCUT2D eigenvalue weighted by molar-refractivity contribution is -0.403. The SMILES string of the molecule is OC[C@H]1O[C@@H](OC[C@H]2O[C@@H](O[C@H]3[C@@H](O)[C@@H](CO[C@@H]4O[C@H](CO)[C@H](O)[C@H](O)[C@H]4O)O[C@@H](O[C@H]4[C@@H](O)[C@@H](CO[C@@H]5O[C@H](CO)[C@H](O)[C@H](O)[C@H]5O)O[C@@H](O[C@H]5[C@@H](O)[C@@H](CO)O[C@@H](O[C@@H]6[C@@H](O)[C@H](O)O[C@H](CO)[C@@H]6O)[C@@H]5O)[C@@H]4O)[C@@H]3O)[C@H](O)[C@@H](O[C@@H]3O[C@H](CO)[C@H](O)[C@H](O)[C@H]3O)[C@H]2O)[C@H](O)[C@@H](O)[C@H]1O. The van der Waals surface area contributed by atoms with E-state index in [2.05, 4.69) is 0 Å². The van der Waals surface area contributed by atoms with Crippen LogP contribution in [0.5, 0.6) is 0 Å². The Morgan fingerprint density at radius 2 is 0.350 bits per heavy atom. The maximum atomic E-state index is 12.4. The van der Waals surface area contributed by atoms with Gasteiger partial charge < -0.3 is 229 Å². The molecule has 9 heterocycles. The molecule has 9 saturated heterocycles. The summed E-state index contributed by atoms with van der Waals surface area (Å²) in [4.78, 5) is 0. The second kappa shape index (κ2) is 35.5. The van der Waals surface area contributed by atoms with Crippen LogP contribution in [0.4, 0.5) is 0 Å². The second-order valence-electron chi connectivity index (χ2n) is 25.3. The van der Waals surface area contributed by atoms with Gasteiger partial charge in [-0.05, 0) is 0 Å². The van der Waals surface area contributed by atoms with Gasteiger partial charge in [0.15, 0.2) is 56.6 Å². The zero-order valence-corrected chi connectivity index (χ0v) is 52.3. The second-order valence-corrected chi connectivity index (χ2v) is 25.3. The van der Waals surface area contributed by atoms with E-state index in [1.807, 2.05) is 0 Å². The molecule has 0 bridgehead atoms. The van der Waals surface area contributed by atoms with Crippen LogP contribution >= 0.6 is 0 Å². The molecule has 0 spiro atoms. The molecule has 0 aromatic carbocycles. The predicted molar refractivity (Wildman–Crippen MR) is 297 cm³/mol. The molecule has 0 saturated carbocycles. The first-order valence-electron chi connectivity index (χ1n) is 31.7. The number of aliphatic hydroxyl groups excluding tert-OH is 29. The van der Waals surface area contributed by atoms with Crippen molar-refractivity contribution < 1.29 is 229 Å². The van der Waals surface area contributed by atoms with Crippen molar-refractivity contribution in [3.8, 4) is 0 Å². The topological polar surface area (TPSA) is 744 Å². The average Bonchev–Trinajstić information content (AvgIpc) is 0.774. The Labute approximate surface area is 563 Å². The lowest BCUT2D eigenvalue weighted by atomic mass is 9.95. The molecule has 9 rings (SSSR count). The lowest BCUT2D eigenvalue weighted by Gasteiger charge is -2.50. The van der Waals surface area contributed by atoms with Gasteiger partial charge in [0.25, 0.3) is 0 Å². The van der Waals surface area contributed by atoms with Crippen LogP contribution in [0.2, 0.25) is 0 Å². The monoisotopic (exact) mass is 1480 g/mol. The predicted octanol–water partition coefficient (Wildman–Crippen LogP) is -20.6. The summed E-state index contributed by atoms with van der Waals surface area (Å²) in [6.45, 7) is -9.32. The first-order valence-corrected chi connectivity index (χ1v) is 31.7. The molecule has 0 amide bonds. The molecule has 100 heavy (non-hydrogen) atoms. The van der Waals surface area contributed by atoms with Gasteiger partial charge in [0.05, 0.1) is 59.5 Å². The fraction of sp³-hybridized carbons (Fsp3) is 1.00. The Bertz CT molecular complexity index is 2450. The molecule has 46 heteroatoms. The molecule has 9 aliphatic rings. The van der Waals surface area contributed by atoms with E-state index in [9.17, 15) is 148 Å². The van der Waals surface area contributed by atoms with Crippen molar-refractivity contribution in [2.45, 2.75) is 276 Å². The summed E-state index contributed by atoms with van der Waals surface area (Å²) in [5, 5.41) is 316. The molecular weight excluding hydrogens is 1380 g/mol. The smallest absolute Gasteiger partial charge is 0.187 e. The van der Waals surface area contributed by atoms with Gasteiger partial charge in [-0.25, -0.2) is 0 Å². The molecule has 46 nitrogen and oxygen atoms in total. The summed E-state index contributed by atoms with van der Waals surface area (Å²) in [6.07, 6.45) is -95.8. The summed E-state index contributed by atoms with van der Waals surface area (Å²) in [5.41, 5.74) is 0. The van der Waals surface area contributed by atoms with Crippen LogP contribution in [-0.4, -0.2) is 484 Å². The van der Waals surface area contributed by atoms with Crippen molar-refractivity contribution in [3.05, 3.63) is 0 Å². The minimum absolute atomic E-state index is 0.952. The minimum atomic E-state index is -2.62. The van der Waals surface area contributed by atoms with Crippen molar-refractivity contribution >= 4 is 0 Å². The van der Waals surface area contributed by atoms with E-state index in [0.29, 0.717) is 0 Å². The largest absolute Gasteiger partial charge is 0.394 e. The van der Waals surface area contributed by atoms with Crippen LogP contribution in [0.25, 0.3) is 0 Å². The molecule has 9 fully saturated rings. The van der Waals surface area contributed by atoms with Crippen LogP contribution in [0.1, 0.15) is 0 Å². The van der Waals surface area contributed by atoms with Gasteiger partial charge in [-0.15, -0.1) is 0 Å². The van der Waals surface area contributed by atoms with E-state index >= 15 is 0 Å². The van der Waals surface area contributed by atoms with Gasteiger partial charge in [0.2, 0.25) is 0 Å². The first kappa shape index (κ1) is 82.2. The molecule has 584 valence electrons. The zero-order valence-electron chi connectivity index (χ0n) is 52.3. The summed E-state index contributed by atoms with van der Waals surface area (Å²) in [6, 6.07) is 0. The van der Waals surface area contributed by atoms with Crippen LogP contribution < -0.4 is 0 Å². The van der Waals surface area contributed by atoms with Gasteiger partial charge in [-0.2, -0.15) is 0 Å². The van der Waals surface area contributed by atoms with Gasteiger partial charge in [-0.1, -0.05) is 0 Å². The van der Waals surface area contributed by atoms with Crippen molar-refractivity contribution in [1.82, 2.24) is 0 Å². The summed E-state index contributed by atoms with van der Waals surface area (Å²) in [7, 11) is 0. The molecule has 0 unspecified atom stereocenters. The number of hydrogen-bond donors (Lipinski definition) is 29. The normalized spacial score (nSPS) is 53.7. The molecular formula is C54H92O46. The molecule has 0 aliphatic carbocycles. The van der Waals surface area contributed by atoms with E-state index in [1.54, 1.807) is 0 Å². The fourth-order valence-corrected chi connectivity index (χ4v) is 12.6. The van der Waals surface area contributed by atoms with Crippen molar-refractivity contribution in [2.24, 2.45) is 0 Å². The third-order valence-electron chi connectivity index (χ3n) is 18.7. The highest BCUT2D eigenvalue weighted by Crippen LogP contribution is 2.39. The Morgan fingerprint density at radius 1 is 0.170 bits per heavy atom. The summed E-state index contributed by atoms with van der Waals surface area (Å²) < 4.78 is 96.4. The highest BCUT2D eigenvalue weighted by Gasteiger charge is 2.60. The van der Waals surface area contributed by atoms with Crippen LogP contribution in [-0.2, 0) is 80.5 Å². The van der Waals surface area contributed by atoms with E-state index in [4.69, 9.17) is 80.5 Å². The molecule has 45 atom stereocenters. The Balaban J connectivity index is 1.05. The molecule has 29 N–H and O–H groups in total. The Morgan fingerprint density at radius 3 is 0.600 bits per heavy atom. The van der Waals surface area contributed by atoms with E-state index in [1.165, 1.54) is 0 Å². The molecule has 0 aromatic rings. The van der Waals surface area contributed by atoms with Gasteiger partial charge in [0, 0.05) is 0 Å². The maximum Gasteiger partial charge on any atom is 0.187 e. The average molecular weight is 1480 g/mol. The van der Waals surface area contributed by atoms with Crippen LogP contribution in [0.3, 0.4) is 0 Å². The van der Waals surface area contributed by atoms with Gasteiger partial charge in [0.1, 0.15) is 220 Å². The zero-order chi connectivity index (χ0) is 73.4. The molecule has 0 aromatic heterocycles. The van der Waals surface area contributed by atoms with Crippen molar-refractivity contribution in [2.75, 3.05) is 59.5 Å². The summed E-state index contributed by atoms with van der Waals surface area (Å²) in [5.74, 6) is 0. The van der Waals surface area contributed by atoms with E-state index in [-0.39, 0.29) is 0 Å². The maximum absolute atomic E-state index is 12.4. The highest BCUT2D eigenvalue weighted by molar-refractivity contribution is 5.02. The van der Waals surface area contributed by atoms with Gasteiger partial charge >= 0.3 is 0 Å². The third kappa shape index (κ3) is 17.2. The quantitative estimate of drug-likeness (QED) is 0.0404. The van der Waals surface area contributed by atoms with Gasteiger partial charge in [-0.3, -0.25) is 0 Å². The van der Waals surface area contributed by atoms with E-state index in [0.717, 1.165) is 0 Å². The Hall–Kier alpha value is -1.84. The van der Waals surface area contributed by atoms with Crippen LogP contribution in [0.15, 0.2) is 0 Å². The third-order valence-corrected chi connectivity index (χ3v) is 18.7. The Kier molecular flexibility index (Phi) is 29.2. The number of rotatable bonds is 25. The van der Waals surface area contributed by atoms with Crippen LogP contribution in [0, 0.1) is 0 Å². The summed E-state index contributed by atoms with van der Waals surface area (Å²) >= 11 is 0. The molecule has 9 aliphatic heterocycles. The first-order chi connectivity index (χ1) is 47.4. The number of ether oxygens (including phenoxy) is 17. The van der Waals surface area contributed by atoms with E-state index < -0.39 is 336 Å². The molecule has 0 radical (unpaired) electrons. The van der Waals surface area contributed by atoms with Crippen molar-refractivity contribution in [1.29, 1.82) is 0 Å². The fourth-order valence-electron chi connectivity index (χ4n) is 12.6. The lowest BCUT2D eigenvalue weighted by Crippen LogP contribution is -2.69. The number of hydrogen-bond acceptors (Lipinski definition) is 46. The minimum Gasteiger partial charge on any atom is -0.394 e. The standard InChI is InChI=1S/C54H92O46/c55-1-10-19(61)28(70)32(74)47(88-10)84-7-16-25(67)43(97-50-35(77)31(73)22(64)13(4-58)91-50)38(80)53(94-16)99-45-27(69)18(9-86-49-34(76)30(72)21(63)12(3-57)90-49)95-54(40(45)82)100-44-26(68)17(8-85-48-33(75)29(71)20(62)11(2-56)89-48)93-52(39(44)81)98-42-24(66)15(6-60)92-51(37(42)79)96-41-23(65)14(5-59)87-46(83)36(41)78/h10-83H,1-9H2/t10-,11-,12-,13-,14-,15-,16-,17-,18-,19+,20+,21+,22+,23+,24+,25+,26+,27+,28+,29+,30+,31+,32-,33-,34-,35-,36-,37-,38-,39-,40-,41+,42+,43+,44+,45+,46-,47-,48-,49-,50+,51+,52+,53+,54+/m1/s1. The van der Waals surface area contributed by atoms with Crippen molar-refractivity contribution in [3.63, 3.8) is 0 Å². The number of aliphatic hydroxyl groups is 29.